The third-order valence-corrected chi connectivity index (χ3v) is 12.2. The van der Waals surface area contributed by atoms with Gasteiger partial charge in [-0.15, -0.1) is 0 Å². The van der Waals surface area contributed by atoms with Crippen LogP contribution in [0.3, 0.4) is 0 Å². The summed E-state index contributed by atoms with van der Waals surface area (Å²) in [7, 11) is 0. The minimum absolute atomic E-state index is 0.0343. The zero-order chi connectivity index (χ0) is 47.7. The molecule has 22 nitrogen and oxygen atoms in total. The van der Waals surface area contributed by atoms with Crippen molar-refractivity contribution in [3.63, 3.8) is 0 Å². The van der Waals surface area contributed by atoms with Gasteiger partial charge in [-0.05, 0) is 41.8 Å². The van der Waals surface area contributed by atoms with Gasteiger partial charge in [0.2, 0.25) is 23.4 Å². The van der Waals surface area contributed by atoms with Crippen LogP contribution in [0.4, 0.5) is 38.8 Å². The molecule has 2 aromatic carbocycles. The van der Waals surface area contributed by atoms with E-state index in [-0.39, 0.29) is 44.5 Å². The molecule has 0 saturated carbocycles. The number of carbonyl (C=O) groups excluding carboxylic acids is 5. The van der Waals surface area contributed by atoms with E-state index in [1.807, 2.05) is 48.5 Å². The van der Waals surface area contributed by atoms with E-state index in [1.54, 1.807) is 9.80 Å². The summed E-state index contributed by atoms with van der Waals surface area (Å²) in [4.78, 5) is 89.2. The zero-order valence-electron chi connectivity index (χ0n) is 39.1. The van der Waals surface area contributed by atoms with Gasteiger partial charge < -0.3 is 69.1 Å². The van der Waals surface area contributed by atoms with E-state index in [4.69, 9.17) is 14.2 Å². The molecule has 0 atom stereocenters. The van der Waals surface area contributed by atoms with Gasteiger partial charge in [-0.3, -0.25) is 14.4 Å². The van der Waals surface area contributed by atoms with Gasteiger partial charge in [-0.1, -0.05) is 24.3 Å². The van der Waals surface area contributed by atoms with Crippen molar-refractivity contribution in [3.8, 4) is 0 Å². The number of ether oxygens (including phenoxy) is 3. The number of aromatic nitrogens is 3. The second-order valence-electron chi connectivity index (χ2n) is 18.5. The van der Waals surface area contributed by atoms with Crippen molar-refractivity contribution in [3.05, 3.63) is 59.7 Å². The summed E-state index contributed by atoms with van der Waals surface area (Å²) in [6.45, 7) is 16.2. The zero-order valence-corrected chi connectivity index (χ0v) is 39.1. The molecule has 0 bridgehead atoms. The van der Waals surface area contributed by atoms with E-state index < -0.39 is 30.1 Å². The lowest BCUT2D eigenvalue weighted by Crippen LogP contribution is -2.49. The molecule has 0 aliphatic carbocycles. The maximum absolute atomic E-state index is 12.2. The number of carbonyl (C=O) groups is 5. The Bertz CT molecular complexity index is 2100. The predicted octanol–water partition coefficient (Wildman–Crippen LogP) is 0.768. The van der Waals surface area contributed by atoms with Crippen molar-refractivity contribution in [2.75, 3.05) is 170 Å². The van der Waals surface area contributed by atoms with E-state index >= 15 is 0 Å². The average molecular weight is 954 g/mol. The van der Waals surface area contributed by atoms with Crippen molar-refractivity contribution < 1.29 is 43.3 Å². The Labute approximate surface area is 401 Å². The predicted molar refractivity (Wildman–Crippen MR) is 254 cm³/mol. The van der Waals surface area contributed by atoms with Crippen LogP contribution in [0.1, 0.15) is 30.4 Å². The van der Waals surface area contributed by atoms with E-state index in [2.05, 4.69) is 55.0 Å². The minimum atomic E-state index is -1.58. The summed E-state index contributed by atoms with van der Waals surface area (Å²) in [5.74, 6) is 1.16. The molecule has 69 heavy (non-hydrogen) atoms. The number of aliphatic hydroxyl groups excluding tert-OH is 1. The summed E-state index contributed by atoms with van der Waals surface area (Å²) in [5, 5.41) is 15.7. The highest BCUT2D eigenvalue weighted by Crippen LogP contribution is 2.27. The van der Waals surface area contributed by atoms with Crippen LogP contribution in [-0.2, 0) is 35.0 Å². The van der Waals surface area contributed by atoms with Crippen molar-refractivity contribution >= 4 is 59.2 Å². The maximum atomic E-state index is 12.2. The molecule has 4 amide bonds. The molecule has 370 valence electrons. The number of nitrogens with zero attached hydrogens (tertiary/aromatic N) is 11. The Balaban J connectivity index is 0.000000134. The van der Waals surface area contributed by atoms with Crippen molar-refractivity contribution in [1.29, 1.82) is 0 Å². The normalized spacial score (nSPS) is 18.1. The number of aliphatic hydroxyl groups is 1. The van der Waals surface area contributed by atoms with Gasteiger partial charge in [-0.2, -0.15) is 15.0 Å². The first-order valence-corrected chi connectivity index (χ1v) is 24.2. The molecule has 3 N–H and O–H groups in total. The highest BCUT2D eigenvalue weighted by atomic mass is 16.6. The molecule has 0 radical (unpaired) electrons. The van der Waals surface area contributed by atoms with Crippen LogP contribution >= 0.6 is 0 Å². The van der Waals surface area contributed by atoms with Crippen molar-refractivity contribution in [2.45, 2.75) is 31.3 Å². The van der Waals surface area contributed by atoms with Gasteiger partial charge in [0.1, 0.15) is 13.2 Å². The number of urea groups is 2. The quantitative estimate of drug-likeness (QED) is 0.0720. The molecular weight excluding hydrogens is 891 g/mol. The summed E-state index contributed by atoms with van der Waals surface area (Å²) < 4.78 is 15.9. The molecule has 0 spiro atoms. The topological polar surface area (TPSA) is 220 Å². The third kappa shape index (κ3) is 16.1. The van der Waals surface area contributed by atoms with Crippen LogP contribution in [-0.4, -0.2) is 224 Å². The molecular formula is C47H63N13O9. The maximum Gasteiger partial charge on any atom is 0.321 e. The lowest BCUT2D eigenvalue weighted by atomic mass is 10.0. The van der Waals surface area contributed by atoms with Gasteiger partial charge in [0.05, 0.1) is 25.9 Å². The highest BCUT2D eigenvalue weighted by Gasteiger charge is 2.39. The second kappa shape index (κ2) is 21.9. The molecule has 8 aliphatic heterocycles. The van der Waals surface area contributed by atoms with E-state index in [1.165, 1.54) is 11.1 Å². The first-order valence-electron chi connectivity index (χ1n) is 24.2. The fourth-order valence-electron chi connectivity index (χ4n) is 6.79. The van der Waals surface area contributed by atoms with E-state index in [0.717, 1.165) is 140 Å². The minimum Gasteiger partial charge on any atom is -0.461 e. The monoisotopic (exact) mass is 953 g/mol. The molecule has 3 aromatic rings. The molecule has 1 aromatic heterocycles. The van der Waals surface area contributed by atoms with E-state index in [0.29, 0.717) is 19.6 Å². The number of nitrogens with one attached hydrogen (secondary N) is 2. The SMILES string of the molecule is C1CN1c1nc(N2CC2)nc(N2CC2)n1.O=C(CCN1CC1)OCC(CO)(COC(=O)CCN1CC1)OC(=O)CCN1CC1.O=C(Nc1ccc(Cc2ccc(NC(=O)N3CC3)cc2)cc1)N1CC1. The first kappa shape index (κ1) is 47.7. The molecule has 8 aliphatic rings. The van der Waals surface area contributed by atoms with Crippen molar-refractivity contribution in [1.82, 2.24) is 39.5 Å². The molecule has 8 saturated heterocycles. The van der Waals surface area contributed by atoms with Crippen LogP contribution in [0, 0.1) is 0 Å². The van der Waals surface area contributed by atoms with E-state index in [9.17, 15) is 29.1 Å². The Kier molecular flexibility index (Phi) is 15.2. The van der Waals surface area contributed by atoms with Gasteiger partial charge in [-0.25, -0.2) is 9.59 Å². The lowest BCUT2D eigenvalue weighted by molar-refractivity contribution is -0.191. The Morgan fingerprint density at radius 3 is 1.14 bits per heavy atom. The van der Waals surface area contributed by atoms with Crippen LogP contribution in [0.2, 0.25) is 0 Å². The van der Waals surface area contributed by atoms with Gasteiger partial charge in [0.15, 0.2) is 0 Å². The number of esters is 3. The molecule has 11 rings (SSSR count). The third-order valence-electron chi connectivity index (χ3n) is 12.2. The number of benzene rings is 2. The first-order chi connectivity index (χ1) is 33.5. The van der Waals surface area contributed by atoms with Crippen LogP contribution in [0.5, 0.6) is 0 Å². The summed E-state index contributed by atoms with van der Waals surface area (Å²) in [6.07, 6.45) is 1.41. The van der Waals surface area contributed by atoms with Gasteiger partial charge in [0.25, 0.3) is 0 Å². The van der Waals surface area contributed by atoms with Crippen LogP contribution in [0.25, 0.3) is 0 Å². The number of hydrogen-bond acceptors (Lipinski definition) is 18. The second-order valence-corrected chi connectivity index (χ2v) is 18.5. The summed E-state index contributed by atoms with van der Waals surface area (Å²) >= 11 is 0. The van der Waals surface area contributed by atoms with Gasteiger partial charge >= 0.3 is 30.0 Å². The fraction of sp³-hybridized carbons (Fsp3) is 0.574. The molecule has 8 fully saturated rings. The van der Waals surface area contributed by atoms with Crippen LogP contribution < -0.4 is 25.3 Å². The Morgan fingerprint density at radius 1 is 0.493 bits per heavy atom. The largest absolute Gasteiger partial charge is 0.461 e. The Hall–Kier alpha value is -6.36. The summed E-state index contributed by atoms with van der Waals surface area (Å²) in [6, 6.07) is 15.7. The average Bonchev–Trinajstić information content (AvgIpc) is 4.19. The smallest absolute Gasteiger partial charge is 0.321 e. The molecule has 22 heteroatoms. The number of rotatable bonds is 22. The molecule has 0 unspecified atom stereocenters. The van der Waals surface area contributed by atoms with Gasteiger partial charge in [0, 0.05) is 136 Å². The Morgan fingerprint density at radius 2 is 0.841 bits per heavy atom. The number of amides is 4. The number of hydrogen-bond donors (Lipinski definition) is 3. The fourth-order valence-corrected chi connectivity index (χ4v) is 6.79. The lowest BCUT2D eigenvalue weighted by Gasteiger charge is -2.30. The van der Waals surface area contributed by atoms with Crippen LogP contribution in [0.15, 0.2) is 48.5 Å². The standard InChI is InChI=1S/C19H20N4O2.C19H31N3O7.C9H12N6/c24-18(22-9-10-22)20-16-5-1-14(2-6-16)13-15-3-7-17(8-4-15)21-19(25)23-11-12-23;23-13-19(29-18(26)3-6-22-11-12-22,14-27-16(24)1-4-20-7-8-20)15-28-17(25)2-5-21-9-10-21;1-2-13(1)7-10-8(14-3-4-14)12-9(11-7)15-5-6-15/h1-8H,9-13H2,(H,20,24)(H,21,25);23H,1-15H2;1-6H2. The summed E-state index contributed by atoms with van der Waals surface area (Å²) in [5.41, 5.74) is 2.39. The highest BCUT2D eigenvalue weighted by molar-refractivity contribution is 5.91. The number of anilines is 5. The molecule has 9 heterocycles. The van der Waals surface area contributed by atoms with Crippen molar-refractivity contribution in [2.24, 2.45) is 0 Å².